The van der Waals surface area contributed by atoms with Gasteiger partial charge in [0.05, 0.1) is 5.92 Å². The van der Waals surface area contributed by atoms with Crippen molar-refractivity contribution in [2.24, 2.45) is 5.92 Å². The van der Waals surface area contributed by atoms with E-state index in [2.05, 4.69) is 45.0 Å². The van der Waals surface area contributed by atoms with E-state index in [4.69, 9.17) is 0 Å². The van der Waals surface area contributed by atoms with Gasteiger partial charge in [0.1, 0.15) is 0 Å². The third-order valence-corrected chi connectivity index (χ3v) is 4.35. The van der Waals surface area contributed by atoms with Gasteiger partial charge in [0, 0.05) is 5.75 Å². The summed E-state index contributed by atoms with van der Waals surface area (Å²) in [5.41, 5.74) is 2.50. The summed E-state index contributed by atoms with van der Waals surface area (Å²) in [6.07, 6.45) is 3.38. The zero-order valence-electron chi connectivity index (χ0n) is 12.6. The molecule has 0 aliphatic carbocycles. The molecule has 0 aliphatic rings. The van der Waals surface area contributed by atoms with Crippen LogP contribution in [0, 0.1) is 5.92 Å². The molecule has 1 nitrogen and oxygen atoms in total. The van der Waals surface area contributed by atoms with E-state index in [0.717, 1.165) is 30.6 Å². The molecule has 1 aromatic carbocycles. The van der Waals surface area contributed by atoms with Gasteiger partial charge >= 0.3 is 0 Å². The second kappa shape index (κ2) is 8.42. The lowest BCUT2D eigenvalue weighted by Crippen LogP contribution is -2.06. The number of benzene rings is 1. The summed E-state index contributed by atoms with van der Waals surface area (Å²) in [5.74, 6) is 1.63. The number of unbranched alkanes of at least 4 members (excludes halogenated alkanes) is 1. The van der Waals surface area contributed by atoms with Crippen LogP contribution >= 0.6 is 11.8 Å². The Morgan fingerprint density at radius 2 is 1.79 bits per heavy atom. The fraction of sp³-hybridized carbons (Fsp3) is 0.588. The monoisotopic (exact) mass is 278 g/mol. The number of hydrogen-bond acceptors (Lipinski definition) is 2. The fourth-order valence-electron chi connectivity index (χ4n) is 1.99. The molecule has 0 aliphatic heterocycles. The van der Waals surface area contributed by atoms with E-state index in [-0.39, 0.29) is 5.92 Å². The molecule has 0 radical (unpaired) electrons. The minimum Gasteiger partial charge on any atom is -0.287 e. The van der Waals surface area contributed by atoms with Crippen molar-refractivity contribution in [1.29, 1.82) is 0 Å². The Morgan fingerprint density at radius 1 is 1.16 bits per heavy atom. The van der Waals surface area contributed by atoms with Gasteiger partial charge in [-0.05, 0) is 29.9 Å². The molecule has 0 amide bonds. The number of carbonyl (C=O) groups excluding carboxylic acids is 1. The largest absolute Gasteiger partial charge is 0.287 e. The van der Waals surface area contributed by atoms with Crippen LogP contribution in [0.2, 0.25) is 0 Å². The van der Waals surface area contributed by atoms with Crippen molar-refractivity contribution < 1.29 is 4.79 Å². The molecule has 0 saturated carbocycles. The Bertz CT molecular complexity index is 381. The number of rotatable bonds is 7. The smallest absolute Gasteiger partial charge is 0.196 e. The Hall–Kier alpha value is -0.760. The number of thioether (sulfide) groups is 1. The summed E-state index contributed by atoms with van der Waals surface area (Å²) in [5, 5.41) is 0.296. The Kier molecular flexibility index (Phi) is 7.22. The van der Waals surface area contributed by atoms with Crippen molar-refractivity contribution in [2.75, 3.05) is 5.75 Å². The minimum atomic E-state index is 0.00922. The van der Waals surface area contributed by atoms with E-state index in [1.165, 1.54) is 17.3 Å². The fourth-order valence-corrected chi connectivity index (χ4v) is 3.01. The van der Waals surface area contributed by atoms with Gasteiger partial charge in [-0.25, -0.2) is 0 Å². The van der Waals surface area contributed by atoms with Crippen LogP contribution in [0.25, 0.3) is 0 Å². The van der Waals surface area contributed by atoms with Crippen molar-refractivity contribution in [1.82, 2.24) is 0 Å². The molecule has 0 heterocycles. The first-order chi connectivity index (χ1) is 9.04. The molecule has 0 aromatic heterocycles. The molecule has 0 N–H and O–H groups in total. The standard InChI is InChI=1S/C17H26OS/c1-5-6-11-19-17(18)14(4)16-9-7-15(8-10-16)12-13(2)3/h7-10,13-14H,5-6,11-12H2,1-4H3/t14-/m1/s1. The van der Waals surface area contributed by atoms with Gasteiger partial charge in [0.15, 0.2) is 5.12 Å². The lowest BCUT2D eigenvalue weighted by Gasteiger charge is -2.12. The summed E-state index contributed by atoms with van der Waals surface area (Å²) in [6, 6.07) is 8.55. The average molecular weight is 278 g/mol. The number of hydrogen-bond donors (Lipinski definition) is 0. The van der Waals surface area contributed by atoms with Gasteiger partial charge in [0.2, 0.25) is 0 Å². The highest BCUT2D eigenvalue weighted by molar-refractivity contribution is 8.13. The maximum Gasteiger partial charge on any atom is 0.196 e. The normalized spacial score (nSPS) is 12.7. The third-order valence-electron chi connectivity index (χ3n) is 3.22. The van der Waals surface area contributed by atoms with Crippen LogP contribution in [-0.4, -0.2) is 10.9 Å². The van der Waals surface area contributed by atoms with Crippen molar-refractivity contribution in [3.05, 3.63) is 35.4 Å². The molecule has 2 heteroatoms. The van der Waals surface area contributed by atoms with Crippen molar-refractivity contribution in [2.45, 2.75) is 52.9 Å². The van der Waals surface area contributed by atoms with Crippen molar-refractivity contribution in [3.8, 4) is 0 Å². The summed E-state index contributed by atoms with van der Waals surface area (Å²) >= 11 is 1.48. The van der Waals surface area contributed by atoms with Crippen LogP contribution in [0.5, 0.6) is 0 Å². The summed E-state index contributed by atoms with van der Waals surface area (Å²) in [4.78, 5) is 12.0. The summed E-state index contributed by atoms with van der Waals surface area (Å²) < 4.78 is 0. The van der Waals surface area contributed by atoms with Crippen LogP contribution in [0.1, 0.15) is 57.6 Å². The lowest BCUT2D eigenvalue weighted by molar-refractivity contribution is -0.111. The highest BCUT2D eigenvalue weighted by Gasteiger charge is 2.15. The van der Waals surface area contributed by atoms with Crippen LogP contribution in [0.15, 0.2) is 24.3 Å². The first kappa shape index (κ1) is 16.3. The Balaban J connectivity index is 2.56. The zero-order chi connectivity index (χ0) is 14.3. The molecular formula is C17H26OS. The second-order valence-electron chi connectivity index (χ2n) is 5.58. The topological polar surface area (TPSA) is 17.1 Å². The highest BCUT2D eigenvalue weighted by atomic mass is 32.2. The Morgan fingerprint density at radius 3 is 2.32 bits per heavy atom. The van der Waals surface area contributed by atoms with E-state index in [1.54, 1.807) is 0 Å². The van der Waals surface area contributed by atoms with Gasteiger partial charge in [-0.2, -0.15) is 0 Å². The maximum atomic E-state index is 12.0. The molecule has 1 rings (SSSR count). The van der Waals surface area contributed by atoms with Crippen LogP contribution in [0.4, 0.5) is 0 Å². The van der Waals surface area contributed by atoms with Crippen molar-refractivity contribution in [3.63, 3.8) is 0 Å². The zero-order valence-corrected chi connectivity index (χ0v) is 13.4. The van der Waals surface area contributed by atoms with E-state index < -0.39 is 0 Å². The maximum absolute atomic E-state index is 12.0. The summed E-state index contributed by atoms with van der Waals surface area (Å²) in [6.45, 7) is 8.62. The first-order valence-corrected chi connectivity index (χ1v) is 8.28. The lowest BCUT2D eigenvalue weighted by atomic mass is 9.97. The van der Waals surface area contributed by atoms with E-state index >= 15 is 0 Å². The molecular weight excluding hydrogens is 252 g/mol. The van der Waals surface area contributed by atoms with Crippen LogP contribution < -0.4 is 0 Å². The predicted octanol–water partition coefficient (Wildman–Crippen LogP) is 5.05. The summed E-state index contributed by atoms with van der Waals surface area (Å²) in [7, 11) is 0. The molecule has 0 spiro atoms. The van der Waals surface area contributed by atoms with Gasteiger partial charge in [0.25, 0.3) is 0 Å². The van der Waals surface area contributed by atoms with Gasteiger partial charge in [-0.3, -0.25) is 4.79 Å². The Labute approximate surface area is 122 Å². The average Bonchev–Trinajstić information content (AvgIpc) is 2.38. The highest BCUT2D eigenvalue weighted by Crippen LogP contribution is 2.23. The molecule has 0 unspecified atom stereocenters. The van der Waals surface area contributed by atoms with E-state index in [0.29, 0.717) is 11.0 Å². The van der Waals surface area contributed by atoms with E-state index in [1.807, 2.05) is 6.92 Å². The van der Waals surface area contributed by atoms with Crippen LogP contribution in [-0.2, 0) is 11.2 Å². The van der Waals surface area contributed by atoms with Gasteiger partial charge in [-0.15, -0.1) is 0 Å². The molecule has 106 valence electrons. The minimum absolute atomic E-state index is 0.00922. The molecule has 0 bridgehead atoms. The quantitative estimate of drug-likeness (QED) is 0.649. The second-order valence-corrected chi connectivity index (χ2v) is 6.68. The molecule has 0 fully saturated rings. The van der Waals surface area contributed by atoms with Gasteiger partial charge in [-0.1, -0.05) is 70.1 Å². The molecule has 0 saturated heterocycles. The SMILES string of the molecule is CCCCSC(=O)[C@H](C)c1ccc(CC(C)C)cc1. The van der Waals surface area contributed by atoms with E-state index in [9.17, 15) is 4.79 Å². The van der Waals surface area contributed by atoms with Crippen molar-refractivity contribution >= 4 is 16.9 Å². The number of carbonyl (C=O) groups is 1. The molecule has 19 heavy (non-hydrogen) atoms. The molecule has 1 aromatic rings. The van der Waals surface area contributed by atoms with Crippen LogP contribution in [0.3, 0.4) is 0 Å². The van der Waals surface area contributed by atoms with Gasteiger partial charge < -0.3 is 0 Å². The third kappa shape index (κ3) is 5.82. The predicted molar refractivity (Wildman–Crippen MR) is 85.8 cm³/mol. The molecule has 1 atom stereocenters. The first-order valence-electron chi connectivity index (χ1n) is 7.30.